The SMILES string of the molecule is C[C@@H](O)[C@H](N)c1nc(-c2ccc(F)cc2Br)no1. The minimum atomic E-state index is -0.796. The number of halogens is 2. The van der Waals surface area contributed by atoms with Crippen LogP contribution in [-0.4, -0.2) is 21.4 Å². The Morgan fingerprint density at radius 1 is 1.50 bits per heavy atom. The third-order valence-corrected chi connectivity index (χ3v) is 3.07. The van der Waals surface area contributed by atoms with Crippen LogP contribution in [0.25, 0.3) is 11.4 Å². The van der Waals surface area contributed by atoms with Gasteiger partial charge in [-0.1, -0.05) is 5.16 Å². The predicted molar refractivity (Wildman–Crippen MR) is 66.0 cm³/mol. The number of rotatable bonds is 3. The summed E-state index contributed by atoms with van der Waals surface area (Å²) in [6.07, 6.45) is -0.796. The third-order valence-electron chi connectivity index (χ3n) is 2.42. The molecular formula is C11H11BrFN3O2. The molecule has 2 aromatic rings. The Bertz CT molecular complexity index is 559. The van der Waals surface area contributed by atoms with Gasteiger partial charge < -0.3 is 15.4 Å². The van der Waals surface area contributed by atoms with E-state index in [4.69, 9.17) is 10.3 Å². The quantitative estimate of drug-likeness (QED) is 0.905. The van der Waals surface area contributed by atoms with Gasteiger partial charge in [0.25, 0.3) is 0 Å². The van der Waals surface area contributed by atoms with Crippen molar-refractivity contribution in [2.45, 2.75) is 19.1 Å². The molecular weight excluding hydrogens is 305 g/mol. The molecule has 0 aliphatic rings. The van der Waals surface area contributed by atoms with Gasteiger partial charge in [0.1, 0.15) is 11.9 Å². The van der Waals surface area contributed by atoms with Crippen molar-refractivity contribution in [2.75, 3.05) is 0 Å². The van der Waals surface area contributed by atoms with E-state index >= 15 is 0 Å². The molecule has 96 valence electrons. The molecule has 0 aliphatic heterocycles. The number of aliphatic hydroxyl groups is 1. The smallest absolute Gasteiger partial charge is 0.246 e. The minimum absolute atomic E-state index is 0.135. The van der Waals surface area contributed by atoms with Crippen LogP contribution in [0.2, 0.25) is 0 Å². The van der Waals surface area contributed by atoms with Gasteiger partial charge in [-0.2, -0.15) is 4.98 Å². The number of nitrogens with zero attached hydrogens (tertiary/aromatic N) is 2. The lowest BCUT2D eigenvalue weighted by Gasteiger charge is -2.08. The molecule has 1 heterocycles. The van der Waals surface area contributed by atoms with E-state index in [-0.39, 0.29) is 17.5 Å². The Labute approximate surface area is 111 Å². The van der Waals surface area contributed by atoms with Gasteiger partial charge >= 0.3 is 0 Å². The molecule has 0 spiro atoms. The first-order chi connectivity index (χ1) is 8.49. The summed E-state index contributed by atoms with van der Waals surface area (Å²) < 4.78 is 18.4. The first-order valence-corrected chi connectivity index (χ1v) is 6.01. The molecule has 3 N–H and O–H groups in total. The van der Waals surface area contributed by atoms with Crippen LogP contribution in [0.1, 0.15) is 18.9 Å². The Hall–Kier alpha value is -1.31. The number of hydrogen-bond donors (Lipinski definition) is 2. The molecule has 0 radical (unpaired) electrons. The zero-order chi connectivity index (χ0) is 13.3. The average molecular weight is 316 g/mol. The molecule has 1 aromatic carbocycles. The summed E-state index contributed by atoms with van der Waals surface area (Å²) in [5, 5.41) is 13.1. The van der Waals surface area contributed by atoms with Gasteiger partial charge in [-0.15, -0.1) is 0 Å². The lowest BCUT2D eigenvalue weighted by Crippen LogP contribution is -2.23. The van der Waals surface area contributed by atoms with Crippen LogP contribution in [0.4, 0.5) is 4.39 Å². The Kier molecular flexibility index (Phi) is 3.74. The van der Waals surface area contributed by atoms with Gasteiger partial charge in [-0.25, -0.2) is 4.39 Å². The summed E-state index contributed by atoms with van der Waals surface area (Å²) in [6.45, 7) is 1.53. The summed E-state index contributed by atoms with van der Waals surface area (Å²) in [7, 11) is 0. The maximum atomic E-state index is 13.0. The van der Waals surface area contributed by atoms with Crippen LogP contribution >= 0.6 is 15.9 Å². The van der Waals surface area contributed by atoms with E-state index in [1.54, 1.807) is 0 Å². The summed E-state index contributed by atoms with van der Waals surface area (Å²) in [6, 6.07) is 3.39. The van der Waals surface area contributed by atoms with Crippen LogP contribution in [0.5, 0.6) is 0 Å². The Morgan fingerprint density at radius 2 is 2.22 bits per heavy atom. The van der Waals surface area contributed by atoms with Crippen LogP contribution < -0.4 is 5.73 Å². The number of aromatic nitrogens is 2. The van der Waals surface area contributed by atoms with Gasteiger partial charge in [0, 0.05) is 10.0 Å². The maximum Gasteiger partial charge on any atom is 0.246 e. The predicted octanol–water partition coefficient (Wildman–Crippen LogP) is 2.02. The molecule has 0 aliphatic carbocycles. The zero-order valence-electron chi connectivity index (χ0n) is 9.47. The molecule has 0 saturated heterocycles. The average Bonchev–Trinajstić information content (AvgIpc) is 2.77. The van der Waals surface area contributed by atoms with Gasteiger partial charge in [-0.3, -0.25) is 0 Å². The first-order valence-electron chi connectivity index (χ1n) is 5.21. The molecule has 2 rings (SSSR count). The summed E-state index contributed by atoms with van der Waals surface area (Å²) >= 11 is 3.22. The summed E-state index contributed by atoms with van der Waals surface area (Å²) in [5.41, 5.74) is 6.26. The highest BCUT2D eigenvalue weighted by Gasteiger charge is 2.20. The molecule has 0 unspecified atom stereocenters. The highest BCUT2D eigenvalue weighted by atomic mass is 79.9. The van der Waals surface area contributed by atoms with Crippen molar-refractivity contribution in [1.82, 2.24) is 10.1 Å². The topological polar surface area (TPSA) is 85.2 Å². The zero-order valence-corrected chi connectivity index (χ0v) is 11.1. The summed E-state index contributed by atoms with van der Waals surface area (Å²) in [5.74, 6) is 0.0548. The van der Waals surface area contributed by atoms with Gasteiger partial charge in [0.15, 0.2) is 0 Å². The molecule has 7 heteroatoms. The molecule has 2 atom stereocenters. The highest BCUT2D eigenvalue weighted by molar-refractivity contribution is 9.10. The van der Waals surface area contributed by atoms with Crippen LogP contribution in [-0.2, 0) is 0 Å². The normalized spacial score (nSPS) is 14.5. The lowest BCUT2D eigenvalue weighted by atomic mass is 10.2. The number of aliphatic hydroxyl groups excluding tert-OH is 1. The van der Waals surface area contributed by atoms with E-state index in [2.05, 4.69) is 26.1 Å². The second-order valence-corrected chi connectivity index (χ2v) is 4.70. The van der Waals surface area contributed by atoms with Crippen molar-refractivity contribution in [3.63, 3.8) is 0 Å². The second kappa shape index (κ2) is 5.13. The van der Waals surface area contributed by atoms with Gasteiger partial charge in [-0.05, 0) is 41.1 Å². The maximum absolute atomic E-state index is 13.0. The molecule has 0 fully saturated rings. The van der Waals surface area contributed by atoms with Crippen LogP contribution in [0.15, 0.2) is 27.2 Å². The fraction of sp³-hybridized carbons (Fsp3) is 0.273. The molecule has 0 amide bonds. The standard InChI is InChI=1S/C11H11BrFN3O2/c1-5(17)9(14)11-15-10(16-18-11)7-3-2-6(13)4-8(7)12/h2-5,9,17H,14H2,1H3/t5-,9+/m1/s1. The van der Waals surface area contributed by atoms with Crippen molar-refractivity contribution in [1.29, 1.82) is 0 Å². The minimum Gasteiger partial charge on any atom is -0.391 e. The second-order valence-electron chi connectivity index (χ2n) is 3.85. The number of nitrogens with two attached hydrogens (primary N) is 1. The highest BCUT2D eigenvalue weighted by Crippen LogP contribution is 2.27. The summed E-state index contributed by atoms with van der Waals surface area (Å²) in [4.78, 5) is 4.08. The van der Waals surface area contributed by atoms with Crippen molar-refractivity contribution in [2.24, 2.45) is 5.73 Å². The Balaban J connectivity index is 2.35. The van der Waals surface area contributed by atoms with Crippen molar-refractivity contribution < 1.29 is 14.0 Å². The van der Waals surface area contributed by atoms with Gasteiger partial charge in [0.2, 0.25) is 11.7 Å². The van der Waals surface area contributed by atoms with Crippen molar-refractivity contribution in [3.8, 4) is 11.4 Å². The lowest BCUT2D eigenvalue weighted by molar-refractivity contribution is 0.146. The molecule has 18 heavy (non-hydrogen) atoms. The van der Waals surface area contributed by atoms with Crippen LogP contribution in [0, 0.1) is 5.82 Å². The fourth-order valence-corrected chi connectivity index (χ4v) is 1.89. The van der Waals surface area contributed by atoms with E-state index < -0.39 is 12.1 Å². The number of hydrogen-bond acceptors (Lipinski definition) is 5. The van der Waals surface area contributed by atoms with E-state index in [9.17, 15) is 9.50 Å². The first kappa shape index (κ1) is 13.1. The van der Waals surface area contributed by atoms with Crippen molar-refractivity contribution >= 4 is 15.9 Å². The molecule has 5 nitrogen and oxygen atoms in total. The fourth-order valence-electron chi connectivity index (χ4n) is 1.36. The van der Waals surface area contributed by atoms with E-state index in [1.807, 2.05) is 0 Å². The van der Waals surface area contributed by atoms with E-state index in [0.29, 0.717) is 10.0 Å². The van der Waals surface area contributed by atoms with E-state index in [0.717, 1.165) is 0 Å². The van der Waals surface area contributed by atoms with Crippen LogP contribution in [0.3, 0.4) is 0 Å². The number of benzene rings is 1. The third kappa shape index (κ3) is 2.58. The monoisotopic (exact) mass is 315 g/mol. The Morgan fingerprint density at radius 3 is 2.83 bits per heavy atom. The van der Waals surface area contributed by atoms with Gasteiger partial charge in [0.05, 0.1) is 6.10 Å². The van der Waals surface area contributed by atoms with Crippen molar-refractivity contribution in [3.05, 3.63) is 34.4 Å². The molecule has 1 aromatic heterocycles. The largest absolute Gasteiger partial charge is 0.391 e. The van der Waals surface area contributed by atoms with E-state index in [1.165, 1.54) is 25.1 Å². The molecule has 0 saturated carbocycles. The molecule has 0 bridgehead atoms.